The lowest BCUT2D eigenvalue weighted by molar-refractivity contribution is 0.150. The zero-order valence-corrected chi connectivity index (χ0v) is 8.67. The van der Waals surface area contributed by atoms with Gasteiger partial charge < -0.3 is 14.3 Å². The van der Waals surface area contributed by atoms with Gasteiger partial charge in [0.2, 0.25) is 0 Å². The van der Waals surface area contributed by atoms with E-state index in [1.165, 1.54) is 0 Å². The molecule has 0 unspecified atom stereocenters. The van der Waals surface area contributed by atoms with E-state index < -0.39 is 0 Å². The molecule has 0 rings (SSSR count). The van der Waals surface area contributed by atoms with Crippen LogP contribution in [0.3, 0.4) is 0 Å². The Morgan fingerprint density at radius 3 is 2.25 bits per heavy atom. The van der Waals surface area contributed by atoms with Crippen LogP contribution < -0.4 is 0 Å². The number of rotatable bonds is 7. The van der Waals surface area contributed by atoms with E-state index in [4.69, 9.17) is 9.39 Å². The lowest BCUT2D eigenvalue weighted by atomic mass is 9.75. The molecule has 12 heavy (non-hydrogen) atoms. The second-order valence-corrected chi connectivity index (χ2v) is 3.22. The lowest BCUT2D eigenvalue weighted by Crippen LogP contribution is -2.28. The van der Waals surface area contributed by atoms with Gasteiger partial charge in [-0.25, -0.2) is 0 Å². The molecule has 0 aliphatic heterocycles. The van der Waals surface area contributed by atoms with Crippen LogP contribution in [0.2, 0.25) is 13.6 Å². The maximum atomic E-state index is 5.41. The number of methoxy groups -OCH3 is 1. The highest BCUT2D eigenvalue weighted by atomic mass is 16.5. The minimum Gasteiger partial charge on any atom is -0.435 e. The van der Waals surface area contributed by atoms with Crippen LogP contribution in [0.5, 0.6) is 0 Å². The van der Waals surface area contributed by atoms with Crippen LogP contribution in [0.15, 0.2) is 0 Å². The van der Waals surface area contributed by atoms with Gasteiger partial charge in [-0.15, -0.1) is 0 Å². The summed E-state index contributed by atoms with van der Waals surface area (Å²) < 4.78 is 10.4. The second-order valence-electron chi connectivity index (χ2n) is 3.22. The summed E-state index contributed by atoms with van der Waals surface area (Å²) >= 11 is 0. The standard InChI is InChI=1S/C8H20BNO2/c1-9(2)12-8-6-10(3)5-7-11-4/h5-8H2,1-4H3. The minimum absolute atomic E-state index is 0.334. The first-order chi connectivity index (χ1) is 5.66. The molecule has 3 nitrogen and oxygen atoms in total. The van der Waals surface area contributed by atoms with Crippen LogP contribution in [0.1, 0.15) is 0 Å². The third kappa shape index (κ3) is 8.05. The van der Waals surface area contributed by atoms with Crippen molar-refractivity contribution in [3.8, 4) is 0 Å². The summed E-state index contributed by atoms with van der Waals surface area (Å²) in [5.41, 5.74) is 0. The van der Waals surface area contributed by atoms with E-state index >= 15 is 0 Å². The zero-order chi connectivity index (χ0) is 9.40. The monoisotopic (exact) mass is 173 g/mol. The van der Waals surface area contributed by atoms with Gasteiger partial charge in [-0.3, -0.25) is 0 Å². The molecular formula is C8H20BNO2. The van der Waals surface area contributed by atoms with E-state index in [0.29, 0.717) is 6.92 Å². The molecule has 0 heterocycles. The van der Waals surface area contributed by atoms with E-state index in [2.05, 4.69) is 25.6 Å². The highest BCUT2D eigenvalue weighted by Crippen LogP contribution is 1.87. The number of ether oxygens (including phenoxy) is 1. The van der Waals surface area contributed by atoms with Gasteiger partial charge in [-0.2, -0.15) is 0 Å². The first-order valence-electron chi connectivity index (χ1n) is 4.46. The predicted molar refractivity (Wildman–Crippen MR) is 52.8 cm³/mol. The Kier molecular flexibility index (Phi) is 7.55. The average molecular weight is 173 g/mol. The Morgan fingerprint density at radius 2 is 1.75 bits per heavy atom. The topological polar surface area (TPSA) is 21.7 Å². The molecule has 72 valence electrons. The number of nitrogens with zero attached hydrogens (tertiary/aromatic N) is 1. The van der Waals surface area contributed by atoms with Crippen molar-refractivity contribution in [2.24, 2.45) is 0 Å². The molecule has 0 aromatic rings. The molecule has 0 amide bonds. The van der Waals surface area contributed by atoms with E-state index in [-0.39, 0.29) is 0 Å². The number of hydrogen-bond acceptors (Lipinski definition) is 3. The predicted octanol–water partition coefficient (Wildman–Crippen LogP) is 0.832. The second kappa shape index (κ2) is 7.59. The minimum atomic E-state index is 0.334. The van der Waals surface area contributed by atoms with Crippen LogP contribution >= 0.6 is 0 Å². The molecular weight excluding hydrogens is 153 g/mol. The molecule has 0 spiro atoms. The summed E-state index contributed by atoms with van der Waals surface area (Å²) in [6, 6.07) is 0. The van der Waals surface area contributed by atoms with Crippen molar-refractivity contribution in [2.75, 3.05) is 40.5 Å². The van der Waals surface area contributed by atoms with Crippen LogP contribution in [0.25, 0.3) is 0 Å². The van der Waals surface area contributed by atoms with Gasteiger partial charge in [-0.1, -0.05) is 13.6 Å². The van der Waals surface area contributed by atoms with Gasteiger partial charge in [0.05, 0.1) is 6.61 Å². The Balaban J connectivity index is 3.13. The molecule has 0 aromatic carbocycles. The highest BCUT2D eigenvalue weighted by molar-refractivity contribution is 6.48. The van der Waals surface area contributed by atoms with Crippen LogP contribution in [0.4, 0.5) is 0 Å². The lowest BCUT2D eigenvalue weighted by Gasteiger charge is -2.16. The first-order valence-corrected chi connectivity index (χ1v) is 4.46. The van der Waals surface area contributed by atoms with Gasteiger partial charge >= 0.3 is 0 Å². The fourth-order valence-corrected chi connectivity index (χ4v) is 0.803. The number of likely N-dealkylation sites (N-methyl/N-ethyl adjacent to an activating group) is 1. The van der Waals surface area contributed by atoms with Gasteiger partial charge in [0.25, 0.3) is 6.92 Å². The largest absolute Gasteiger partial charge is 0.435 e. The van der Waals surface area contributed by atoms with E-state index in [9.17, 15) is 0 Å². The Morgan fingerprint density at radius 1 is 1.17 bits per heavy atom. The quantitative estimate of drug-likeness (QED) is 0.532. The maximum absolute atomic E-state index is 5.41. The molecule has 0 bridgehead atoms. The van der Waals surface area contributed by atoms with Crippen LogP contribution in [0, 0.1) is 0 Å². The first kappa shape index (κ1) is 11.9. The molecule has 4 heteroatoms. The Labute approximate surface area is 76.1 Å². The third-order valence-corrected chi connectivity index (χ3v) is 1.60. The van der Waals surface area contributed by atoms with Crippen LogP contribution in [-0.4, -0.2) is 52.3 Å². The summed E-state index contributed by atoms with van der Waals surface area (Å²) in [6.45, 7) is 7.97. The normalized spacial score (nSPS) is 10.8. The summed E-state index contributed by atoms with van der Waals surface area (Å²) in [4.78, 5) is 2.20. The van der Waals surface area contributed by atoms with Crippen molar-refractivity contribution in [3.05, 3.63) is 0 Å². The SMILES string of the molecule is COCCN(C)CCOB(C)C. The molecule has 0 aliphatic carbocycles. The molecule has 0 saturated carbocycles. The van der Waals surface area contributed by atoms with Crippen LogP contribution in [-0.2, 0) is 9.39 Å². The van der Waals surface area contributed by atoms with Crippen molar-refractivity contribution in [1.82, 2.24) is 4.90 Å². The van der Waals surface area contributed by atoms with Gasteiger partial charge in [0, 0.05) is 26.8 Å². The Bertz CT molecular complexity index is 101. The highest BCUT2D eigenvalue weighted by Gasteiger charge is 2.00. The number of hydrogen-bond donors (Lipinski definition) is 0. The molecule has 0 atom stereocenters. The van der Waals surface area contributed by atoms with Gasteiger partial charge in [-0.05, 0) is 7.05 Å². The zero-order valence-electron chi connectivity index (χ0n) is 8.67. The van der Waals surface area contributed by atoms with E-state index in [0.717, 1.165) is 26.3 Å². The average Bonchev–Trinajstić information content (AvgIpc) is 2.00. The summed E-state index contributed by atoms with van der Waals surface area (Å²) in [6.07, 6.45) is 0. The van der Waals surface area contributed by atoms with E-state index in [1.807, 2.05) is 0 Å². The van der Waals surface area contributed by atoms with Crippen molar-refractivity contribution < 1.29 is 9.39 Å². The molecule has 0 aromatic heterocycles. The molecule has 0 fully saturated rings. The molecule has 0 saturated heterocycles. The fourth-order valence-electron chi connectivity index (χ4n) is 0.803. The van der Waals surface area contributed by atoms with E-state index in [1.54, 1.807) is 7.11 Å². The molecule has 0 radical (unpaired) electrons. The van der Waals surface area contributed by atoms with Crippen molar-refractivity contribution in [3.63, 3.8) is 0 Å². The smallest absolute Gasteiger partial charge is 0.286 e. The molecule has 0 aliphatic rings. The van der Waals surface area contributed by atoms with Crippen molar-refractivity contribution >= 4 is 6.92 Å². The van der Waals surface area contributed by atoms with Gasteiger partial charge in [0.1, 0.15) is 0 Å². The van der Waals surface area contributed by atoms with Crippen molar-refractivity contribution in [2.45, 2.75) is 13.6 Å². The Hall–Kier alpha value is -0.0551. The summed E-state index contributed by atoms with van der Waals surface area (Å²) in [5.74, 6) is 0. The fraction of sp³-hybridized carbons (Fsp3) is 1.00. The summed E-state index contributed by atoms with van der Waals surface area (Å²) in [7, 11) is 3.79. The third-order valence-electron chi connectivity index (χ3n) is 1.60. The van der Waals surface area contributed by atoms with Gasteiger partial charge in [0.15, 0.2) is 0 Å². The molecule has 0 N–H and O–H groups in total. The maximum Gasteiger partial charge on any atom is 0.286 e. The summed E-state index contributed by atoms with van der Waals surface area (Å²) in [5, 5.41) is 0. The van der Waals surface area contributed by atoms with Crippen molar-refractivity contribution in [1.29, 1.82) is 0 Å².